The second-order valence-corrected chi connectivity index (χ2v) is 12.1. The Labute approximate surface area is 214 Å². The zero-order valence-electron chi connectivity index (χ0n) is 20.5. The highest BCUT2D eigenvalue weighted by atomic mass is 32.2. The minimum absolute atomic E-state index is 0.326. The lowest BCUT2D eigenvalue weighted by Crippen LogP contribution is -2.40. The van der Waals surface area contributed by atoms with Crippen LogP contribution in [0.4, 0.5) is 10.5 Å². The molecule has 3 N–H and O–H groups in total. The Morgan fingerprint density at radius 3 is 2.60 bits per heavy atom. The number of aromatic nitrogens is 2. The van der Waals surface area contributed by atoms with Gasteiger partial charge in [-0.1, -0.05) is 19.3 Å². The smallest absolute Gasteiger partial charge is 0.319 e. The van der Waals surface area contributed by atoms with Crippen LogP contribution in [0.15, 0.2) is 53.8 Å². The Morgan fingerprint density at radius 2 is 1.89 bits per heavy atom. The maximum absolute atomic E-state index is 13.4. The fourth-order valence-electron chi connectivity index (χ4n) is 4.10. The van der Waals surface area contributed by atoms with Gasteiger partial charge in [-0.3, -0.25) is 4.98 Å². The maximum Gasteiger partial charge on any atom is 0.319 e. The molecule has 0 aliphatic heterocycles. The highest BCUT2D eigenvalue weighted by molar-refractivity contribution is 7.89. The van der Waals surface area contributed by atoms with E-state index in [-0.39, 0.29) is 11.6 Å². The van der Waals surface area contributed by atoms with Crippen molar-refractivity contribution in [3.05, 3.63) is 59.5 Å². The van der Waals surface area contributed by atoms with Crippen LogP contribution in [0.25, 0.3) is 10.4 Å². The van der Waals surface area contributed by atoms with Crippen LogP contribution in [0.2, 0.25) is 0 Å². The lowest BCUT2D eigenvalue weighted by atomic mass is 9.90. The minimum atomic E-state index is -1.47. The number of carbonyl (C=O) groups excluding carboxylic acids is 1. The Bertz CT molecular complexity index is 1120. The van der Waals surface area contributed by atoms with E-state index in [2.05, 4.69) is 20.3 Å². The number of anilines is 1. The van der Waals surface area contributed by atoms with Crippen LogP contribution in [0.1, 0.15) is 69.4 Å². The fourth-order valence-corrected chi connectivity index (χ4v) is 6.57. The minimum Gasteiger partial charge on any atom is -0.593 e. The molecule has 1 atom stereocenters. The van der Waals surface area contributed by atoms with Crippen LogP contribution in [-0.4, -0.2) is 26.1 Å². The maximum atomic E-state index is 13.4. The average molecular weight is 512 g/mol. The van der Waals surface area contributed by atoms with E-state index < -0.39 is 11.4 Å². The molecule has 9 heteroatoms. The molecule has 2 amide bonds. The van der Waals surface area contributed by atoms with Crippen molar-refractivity contribution in [2.45, 2.75) is 75.8 Å². The molecule has 1 aliphatic carbocycles. The lowest BCUT2D eigenvalue weighted by Gasteiger charge is -2.23. The van der Waals surface area contributed by atoms with Gasteiger partial charge in [-0.2, -0.15) is 0 Å². The van der Waals surface area contributed by atoms with Crippen molar-refractivity contribution in [2.75, 3.05) is 5.32 Å². The first-order valence-corrected chi connectivity index (χ1v) is 14.0. The van der Waals surface area contributed by atoms with E-state index in [9.17, 15) is 9.35 Å². The Morgan fingerprint density at radius 1 is 1.14 bits per heavy atom. The summed E-state index contributed by atoms with van der Waals surface area (Å²) in [7, 11) is 0. The molecule has 4 rings (SSSR count). The summed E-state index contributed by atoms with van der Waals surface area (Å²) >= 11 is 0.221. The summed E-state index contributed by atoms with van der Waals surface area (Å²) < 4.78 is 16.5. The largest absolute Gasteiger partial charge is 0.593 e. The van der Waals surface area contributed by atoms with Crippen molar-refractivity contribution < 1.29 is 9.35 Å². The zero-order valence-corrected chi connectivity index (χ0v) is 22.1. The summed E-state index contributed by atoms with van der Waals surface area (Å²) in [5, 5.41) is 6.87. The number of hydrogen-bond acceptors (Lipinski definition) is 6. The van der Waals surface area contributed by atoms with Crippen LogP contribution in [-0.2, 0) is 17.9 Å². The molecule has 2 aromatic heterocycles. The van der Waals surface area contributed by atoms with E-state index in [1.807, 2.05) is 51.2 Å². The molecule has 1 aliphatic rings. The molecule has 1 saturated carbocycles. The predicted octanol–water partition coefficient (Wildman–Crippen LogP) is 5.99. The van der Waals surface area contributed by atoms with Gasteiger partial charge in [0, 0.05) is 42.8 Å². The van der Waals surface area contributed by atoms with Gasteiger partial charge in [0.15, 0.2) is 4.90 Å². The van der Waals surface area contributed by atoms with Crippen molar-refractivity contribution in [3.8, 4) is 10.4 Å². The standard InChI is InChI=1S/C26H33N5O2S2/c1-26(2,3)31-35(33)23-15-20(30-25(32)29-16-18-11-13-27-14-12-18)9-10-21(23)22-17-28-24(34-22)19-7-5-4-6-8-19/h9-15,17,19,31H,4-8,16H2,1-3H3,(H2,29,30,32). The first-order valence-electron chi connectivity index (χ1n) is 12.0. The summed E-state index contributed by atoms with van der Waals surface area (Å²) in [5.74, 6) is 0.522. The number of pyridine rings is 1. The van der Waals surface area contributed by atoms with Gasteiger partial charge in [-0.15, -0.1) is 16.1 Å². The zero-order chi connectivity index (χ0) is 24.8. The molecule has 186 valence electrons. The third-order valence-corrected chi connectivity index (χ3v) is 8.51. The van der Waals surface area contributed by atoms with E-state index in [0.717, 1.165) is 21.0 Å². The Kier molecular flexibility index (Phi) is 8.43. The van der Waals surface area contributed by atoms with E-state index in [1.54, 1.807) is 29.8 Å². The number of nitrogens with zero attached hydrogens (tertiary/aromatic N) is 2. The normalized spacial score (nSPS) is 15.5. The second kappa shape index (κ2) is 11.5. The van der Waals surface area contributed by atoms with E-state index in [1.165, 1.54) is 32.1 Å². The molecule has 35 heavy (non-hydrogen) atoms. The number of hydrogen-bond donors (Lipinski definition) is 3. The first kappa shape index (κ1) is 25.6. The van der Waals surface area contributed by atoms with Crippen LogP contribution in [0.3, 0.4) is 0 Å². The third-order valence-electron chi connectivity index (χ3n) is 5.78. The number of benzene rings is 1. The lowest BCUT2D eigenvalue weighted by molar-refractivity contribution is 0.251. The van der Waals surface area contributed by atoms with Gasteiger partial charge in [0.25, 0.3) is 0 Å². The van der Waals surface area contributed by atoms with Crippen LogP contribution in [0.5, 0.6) is 0 Å². The van der Waals surface area contributed by atoms with Gasteiger partial charge in [0.2, 0.25) is 0 Å². The topological polar surface area (TPSA) is 102 Å². The molecule has 0 saturated heterocycles. The number of rotatable bonds is 7. The van der Waals surface area contributed by atoms with Gasteiger partial charge in [0.1, 0.15) is 0 Å². The summed E-state index contributed by atoms with van der Waals surface area (Å²) in [6.07, 6.45) is 11.5. The van der Waals surface area contributed by atoms with Gasteiger partial charge in [-0.05, 0) is 63.4 Å². The molecule has 0 bridgehead atoms. The number of carbonyl (C=O) groups is 1. The summed E-state index contributed by atoms with van der Waals surface area (Å²) in [6.45, 7) is 6.33. The molecule has 3 aromatic rings. The first-order chi connectivity index (χ1) is 16.8. The Balaban J connectivity index is 1.54. The summed E-state index contributed by atoms with van der Waals surface area (Å²) in [6, 6.07) is 8.94. The molecule has 2 heterocycles. The average Bonchev–Trinajstić information content (AvgIpc) is 3.33. The second-order valence-electron chi connectivity index (χ2n) is 9.89. The summed E-state index contributed by atoms with van der Waals surface area (Å²) in [5.41, 5.74) is 2.08. The van der Waals surface area contributed by atoms with E-state index in [0.29, 0.717) is 23.0 Å². The molecule has 0 radical (unpaired) electrons. The van der Waals surface area contributed by atoms with Crippen molar-refractivity contribution >= 4 is 34.4 Å². The number of nitrogens with one attached hydrogen (secondary N) is 3. The van der Waals surface area contributed by atoms with Crippen molar-refractivity contribution in [1.82, 2.24) is 20.0 Å². The predicted molar refractivity (Wildman–Crippen MR) is 143 cm³/mol. The summed E-state index contributed by atoms with van der Waals surface area (Å²) in [4.78, 5) is 22.8. The molecule has 1 aromatic carbocycles. The molecular formula is C26H33N5O2S2. The number of urea groups is 1. The quantitative estimate of drug-likeness (QED) is 0.338. The van der Waals surface area contributed by atoms with Crippen molar-refractivity contribution in [3.63, 3.8) is 0 Å². The SMILES string of the molecule is CC(C)(C)N[S+]([O-])c1cc(NC(=O)NCc2ccncc2)ccc1-c1cnc(C2CCCCC2)s1. The van der Waals surface area contributed by atoms with Gasteiger partial charge in [-0.25, -0.2) is 9.78 Å². The molecule has 1 fully saturated rings. The Hall–Kier alpha value is -2.46. The van der Waals surface area contributed by atoms with Crippen LogP contribution in [0, 0.1) is 0 Å². The molecule has 7 nitrogen and oxygen atoms in total. The molecular weight excluding hydrogens is 478 g/mol. The van der Waals surface area contributed by atoms with Crippen molar-refractivity contribution in [2.24, 2.45) is 0 Å². The molecule has 0 spiro atoms. The third kappa shape index (κ3) is 7.27. The van der Waals surface area contributed by atoms with Gasteiger partial charge in [0.05, 0.1) is 32.3 Å². The number of amides is 2. The van der Waals surface area contributed by atoms with Gasteiger partial charge >= 0.3 is 6.03 Å². The van der Waals surface area contributed by atoms with E-state index in [4.69, 9.17) is 4.98 Å². The molecule has 1 unspecified atom stereocenters. The van der Waals surface area contributed by atoms with E-state index >= 15 is 0 Å². The van der Waals surface area contributed by atoms with Crippen LogP contribution < -0.4 is 15.4 Å². The highest BCUT2D eigenvalue weighted by Gasteiger charge is 2.27. The van der Waals surface area contributed by atoms with Crippen LogP contribution >= 0.6 is 11.3 Å². The number of thiazole rings is 1. The fraction of sp³-hybridized carbons (Fsp3) is 0.423. The highest BCUT2D eigenvalue weighted by Crippen LogP contribution is 2.39. The monoisotopic (exact) mass is 511 g/mol. The van der Waals surface area contributed by atoms with Crippen molar-refractivity contribution in [1.29, 1.82) is 0 Å². The van der Waals surface area contributed by atoms with Gasteiger partial charge < -0.3 is 15.2 Å².